The Kier molecular flexibility index (Phi) is 2.53. The van der Waals surface area contributed by atoms with Gasteiger partial charge in [0.15, 0.2) is 0 Å². The minimum atomic E-state index is 0.00275. The summed E-state index contributed by atoms with van der Waals surface area (Å²) >= 11 is 0. The quantitative estimate of drug-likeness (QED) is 0.845. The van der Waals surface area contributed by atoms with Crippen molar-refractivity contribution in [2.75, 3.05) is 7.11 Å². The van der Waals surface area contributed by atoms with E-state index in [0.29, 0.717) is 0 Å². The molecule has 2 saturated carbocycles. The third-order valence-corrected chi connectivity index (χ3v) is 4.43. The van der Waals surface area contributed by atoms with Gasteiger partial charge in [0.05, 0.1) is 5.60 Å². The van der Waals surface area contributed by atoms with Crippen LogP contribution in [0, 0.1) is 0 Å². The van der Waals surface area contributed by atoms with Crippen LogP contribution in [0.25, 0.3) is 0 Å². The van der Waals surface area contributed by atoms with Gasteiger partial charge in [-0.25, -0.2) is 0 Å². The molecule has 0 amide bonds. The predicted octanol–water partition coefficient (Wildman–Crippen LogP) is 2.75. The van der Waals surface area contributed by atoms with Crippen LogP contribution in [0.15, 0.2) is 24.3 Å². The van der Waals surface area contributed by atoms with Gasteiger partial charge >= 0.3 is 0 Å². The van der Waals surface area contributed by atoms with Crippen molar-refractivity contribution in [3.63, 3.8) is 0 Å². The van der Waals surface area contributed by atoms with Gasteiger partial charge in [0.25, 0.3) is 0 Å². The van der Waals surface area contributed by atoms with E-state index in [-0.39, 0.29) is 11.1 Å². The Hall–Kier alpha value is -0.860. The van der Waals surface area contributed by atoms with Gasteiger partial charge in [0.1, 0.15) is 0 Å². The Balaban J connectivity index is 1.61. The summed E-state index contributed by atoms with van der Waals surface area (Å²) in [4.78, 5) is 0. The summed E-state index contributed by atoms with van der Waals surface area (Å²) in [6.45, 7) is 0. The molecule has 2 heteroatoms. The first-order chi connectivity index (χ1) is 8.16. The van der Waals surface area contributed by atoms with Gasteiger partial charge in [0, 0.05) is 12.6 Å². The topological polar surface area (TPSA) is 35.2 Å². The summed E-state index contributed by atoms with van der Waals surface area (Å²) in [5, 5.41) is 0. The molecule has 0 saturated heterocycles. The molecule has 0 radical (unpaired) electrons. The standard InChI is InChI=1S/C15H21NO/c1-17-14(8-9-14)7-6-12-2-4-13(5-3-12)15(16)10-11-15/h2-5H,6-11,16H2,1H3. The molecule has 2 N–H and O–H groups in total. The van der Waals surface area contributed by atoms with E-state index in [1.165, 1.54) is 24.0 Å². The van der Waals surface area contributed by atoms with E-state index in [1.54, 1.807) is 0 Å². The lowest BCUT2D eigenvalue weighted by molar-refractivity contribution is 0.0731. The molecule has 0 aromatic heterocycles. The Morgan fingerprint density at radius 3 is 2.24 bits per heavy atom. The first-order valence-electron chi connectivity index (χ1n) is 6.59. The van der Waals surface area contributed by atoms with E-state index in [2.05, 4.69) is 24.3 Å². The van der Waals surface area contributed by atoms with Crippen molar-refractivity contribution >= 4 is 0 Å². The Morgan fingerprint density at radius 1 is 1.12 bits per heavy atom. The first-order valence-corrected chi connectivity index (χ1v) is 6.59. The number of aryl methyl sites for hydroxylation is 1. The smallest absolute Gasteiger partial charge is 0.0684 e. The molecule has 2 aliphatic carbocycles. The maximum Gasteiger partial charge on any atom is 0.0684 e. The van der Waals surface area contributed by atoms with Crippen LogP contribution in [-0.2, 0) is 16.7 Å². The zero-order valence-electron chi connectivity index (χ0n) is 10.5. The van der Waals surface area contributed by atoms with Crippen molar-refractivity contribution in [1.82, 2.24) is 0 Å². The summed E-state index contributed by atoms with van der Waals surface area (Å²) in [5.74, 6) is 0. The molecule has 2 aliphatic rings. The average Bonchev–Trinajstić information content (AvgIpc) is 3.26. The molecular weight excluding hydrogens is 210 g/mol. The van der Waals surface area contributed by atoms with Crippen molar-refractivity contribution < 1.29 is 4.74 Å². The number of ether oxygens (including phenoxy) is 1. The lowest BCUT2D eigenvalue weighted by Crippen LogP contribution is -2.18. The third kappa shape index (κ3) is 2.24. The number of rotatable bonds is 5. The molecule has 0 unspecified atom stereocenters. The lowest BCUT2D eigenvalue weighted by Gasteiger charge is -2.14. The van der Waals surface area contributed by atoms with E-state index in [1.807, 2.05) is 7.11 Å². The minimum absolute atomic E-state index is 0.00275. The second-order valence-electron chi connectivity index (χ2n) is 5.74. The maximum atomic E-state index is 6.17. The molecule has 2 nitrogen and oxygen atoms in total. The van der Waals surface area contributed by atoms with Gasteiger partial charge in [-0.15, -0.1) is 0 Å². The van der Waals surface area contributed by atoms with Crippen LogP contribution in [-0.4, -0.2) is 12.7 Å². The van der Waals surface area contributed by atoms with Crippen LogP contribution < -0.4 is 5.73 Å². The van der Waals surface area contributed by atoms with Gasteiger partial charge in [0.2, 0.25) is 0 Å². The molecule has 0 bridgehead atoms. The monoisotopic (exact) mass is 231 g/mol. The summed E-state index contributed by atoms with van der Waals surface area (Å²) in [7, 11) is 1.83. The molecule has 0 aliphatic heterocycles. The molecule has 1 aromatic carbocycles. The largest absolute Gasteiger partial charge is 0.378 e. The van der Waals surface area contributed by atoms with Crippen LogP contribution in [0.5, 0.6) is 0 Å². The number of hydrogen-bond acceptors (Lipinski definition) is 2. The minimum Gasteiger partial charge on any atom is -0.378 e. The molecule has 0 heterocycles. The molecule has 0 atom stereocenters. The molecule has 0 spiro atoms. The lowest BCUT2D eigenvalue weighted by atomic mass is 10.0. The van der Waals surface area contributed by atoms with E-state index in [4.69, 9.17) is 10.5 Å². The fraction of sp³-hybridized carbons (Fsp3) is 0.600. The number of nitrogens with two attached hydrogens (primary N) is 1. The highest BCUT2D eigenvalue weighted by atomic mass is 16.5. The molecule has 92 valence electrons. The van der Waals surface area contributed by atoms with Crippen LogP contribution in [0.3, 0.4) is 0 Å². The van der Waals surface area contributed by atoms with Gasteiger partial charge in [-0.2, -0.15) is 0 Å². The molecule has 1 aromatic rings. The van der Waals surface area contributed by atoms with Gasteiger partial charge in [-0.1, -0.05) is 24.3 Å². The van der Waals surface area contributed by atoms with Crippen LogP contribution >= 0.6 is 0 Å². The second-order valence-corrected chi connectivity index (χ2v) is 5.74. The van der Waals surface area contributed by atoms with Gasteiger partial charge < -0.3 is 10.5 Å². The highest BCUT2D eigenvalue weighted by Gasteiger charge is 2.42. The van der Waals surface area contributed by atoms with E-state index < -0.39 is 0 Å². The highest BCUT2D eigenvalue weighted by Crippen LogP contribution is 2.44. The fourth-order valence-electron chi connectivity index (χ4n) is 2.49. The summed E-state index contributed by atoms with van der Waals surface area (Å²) < 4.78 is 5.54. The Morgan fingerprint density at radius 2 is 1.76 bits per heavy atom. The normalized spacial score (nSPS) is 23.4. The average molecular weight is 231 g/mol. The Labute approximate surface area is 103 Å². The van der Waals surface area contributed by atoms with Gasteiger partial charge in [-0.3, -0.25) is 0 Å². The molecule has 3 rings (SSSR count). The number of hydrogen-bond donors (Lipinski definition) is 1. The zero-order valence-corrected chi connectivity index (χ0v) is 10.5. The number of methoxy groups -OCH3 is 1. The van der Waals surface area contributed by atoms with Crippen molar-refractivity contribution in [2.45, 2.75) is 49.7 Å². The van der Waals surface area contributed by atoms with E-state index >= 15 is 0 Å². The fourth-order valence-corrected chi connectivity index (χ4v) is 2.49. The maximum absolute atomic E-state index is 6.17. The van der Waals surface area contributed by atoms with Crippen molar-refractivity contribution in [2.24, 2.45) is 5.73 Å². The summed E-state index contributed by atoms with van der Waals surface area (Å²) in [5.41, 5.74) is 9.09. The van der Waals surface area contributed by atoms with Gasteiger partial charge in [-0.05, 0) is 49.7 Å². The zero-order chi connectivity index (χ0) is 11.9. The molecule has 17 heavy (non-hydrogen) atoms. The van der Waals surface area contributed by atoms with Crippen molar-refractivity contribution in [1.29, 1.82) is 0 Å². The van der Waals surface area contributed by atoms with Crippen LogP contribution in [0.2, 0.25) is 0 Å². The molecule has 2 fully saturated rings. The highest BCUT2D eigenvalue weighted by molar-refractivity contribution is 5.32. The summed E-state index contributed by atoms with van der Waals surface area (Å²) in [6, 6.07) is 8.87. The van der Waals surface area contributed by atoms with Crippen LogP contribution in [0.1, 0.15) is 43.2 Å². The third-order valence-electron chi connectivity index (χ3n) is 4.43. The Bertz CT molecular complexity index is 401. The summed E-state index contributed by atoms with van der Waals surface area (Å²) in [6.07, 6.45) is 7.00. The van der Waals surface area contributed by atoms with E-state index in [0.717, 1.165) is 25.7 Å². The van der Waals surface area contributed by atoms with E-state index in [9.17, 15) is 0 Å². The second kappa shape index (κ2) is 3.82. The molecular formula is C15H21NO. The van der Waals surface area contributed by atoms with Crippen molar-refractivity contribution in [3.8, 4) is 0 Å². The van der Waals surface area contributed by atoms with Crippen molar-refractivity contribution in [3.05, 3.63) is 35.4 Å². The first kappa shape index (κ1) is 11.2. The number of benzene rings is 1. The SMILES string of the molecule is COC1(CCc2ccc(C3(N)CC3)cc2)CC1. The van der Waals surface area contributed by atoms with Crippen LogP contribution in [0.4, 0.5) is 0 Å². The predicted molar refractivity (Wildman–Crippen MR) is 68.8 cm³/mol.